The van der Waals surface area contributed by atoms with Gasteiger partial charge in [-0.2, -0.15) is 5.26 Å². The molecule has 6 heteroatoms. The Labute approximate surface area is 191 Å². The smallest absolute Gasteiger partial charge is 0.173 e. The Hall–Kier alpha value is -2.65. The van der Waals surface area contributed by atoms with Crippen LogP contribution < -0.4 is 0 Å². The molecule has 0 saturated carbocycles. The summed E-state index contributed by atoms with van der Waals surface area (Å²) in [5.74, 6) is 0.248. The van der Waals surface area contributed by atoms with Crippen molar-refractivity contribution in [1.29, 1.82) is 5.26 Å². The van der Waals surface area contributed by atoms with Crippen molar-refractivity contribution in [2.75, 3.05) is 19.3 Å². The van der Waals surface area contributed by atoms with Crippen molar-refractivity contribution in [3.8, 4) is 17.2 Å². The number of halogens is 1. The van der Waals surface area contributed by atoms with E-state index in [4.69, 9.17) is 16.6 Å². The first-order valence-electron chi connectivity index (χ1n) is 10.1. The first kappa shape index (κ1) is 21.6. The van der Waals surface area contributed by atoms with Gasteiger partial charge >= 0.3 is 0 Å². The van der Waals surface area contributed by atoms with E-state index in [2.05, 4.69) is 18.0 Å². The molecule has 0 amide bonds. The summed E-state index contributed by atoms with van der Waals surface area (Å²) in [6.45, 7) is 3.61. The predicted octanol–water partition coefficient (Wildman–Crippen LogP) is 5.55. The van der Waals surface area contributed by atoms with Gasteiger partial charge in [-0.1, -0.05) is 71.4 Å². The van der Waals surface area contributed by atoms with E-state index in [0.29, 0.717) is 27.7 Å². The third kappa shape index (κ3) is 4.52. The summed E-state index contributed by atoms with van der Waals surface area (Å²) >= 11 is 7.86. The number of aromatic nitrogens is 1. The van der Waals surface area contributed by atoms with Gasteiger partial charge in [-0.3, -0.25) is 4.79 Å². The molecule has 0 N–H and O–H groups in total. The van der Waals surface area contributed by atoms with Crippen molar-refractivity contribution in [3.05, 3.63) is 81.5 Å². The van der Waals surface area contributed by atoms with Gasteiger partial charge in [0.2, 0.25) is 0 Å². The van der Waals surface area contributed by atoms with Crippen molar-refractivity contribution in [2.45, 2.75) is 24.9 Å². The van der Waals surface area contributed by atoms with Crippen LogP contribution in [0.2, 0.25) is 5.02 Å². The second-order valence-corrected chi connectivity index (χ2v) is 9.12. The number of nitriles is 1. The molecule has 0 radical (unpaired) electrons. The molecule has 2 heterocycles. The van der Waals surface area contributed by atoms with Gasteiger partial charge in [-0.25, -0.2) is 4.98 Å². The van der Waals surface area contributed by atoms with E-state index in [1.807, 2.05) is 55.5 Å². The van der Waals surface area contributed by atoms with Crippen LogP contribution in [0.25, 0.3) is 11.1 Å². The van der Waals surface area contributed by atoms with Crippen molar-refractivity contribution in [3.63, 3.8) is 0 Å². The number of Topliss-reactive ketones (excluding diaryl/α,β-unsaturated/α-hetero) is 1. The van der Waals surface area contributed by atoms with Gasteiger partial charge in [0.05, 0.1) is 11.3 Å². The third-order valence-electron chi connectivity index (χ3n) is 5.48. The lowest BCUT2D eigenvalue weighted by atomic mass is 9.92. The van der Waals surface area contributed by atoms with Crippen molar-refractivity contribution in [2.24, 2.45) is 0 Å². The molecular formula is C25H22ClN3OS. The van der Waals surface area contributed by atoms with Crippen LogP contribution in [0, 0.1) is 18.3 Å². The van der Waals surface area contributed by atoms with Gasteiger partial charge in [-0.05, 0) is 25.6 Å². The number of nitrogens with zero attached hydrogens (tertiary/aromatic N) is 3. The van der Waals surface area contributed by atoms with E-state index in [1.54, 1.807) is 0 Å². The zero-order valence-electron chi connectivity index (χ0n) is 17.5. The Bertz CT molecular complexity index is 1180. The van der Waals surface area contributed by atoms with E-state index < -0.39 is 0 Å². The Balaban J connectivity index is 1.76. The molecule has 1 aliphatic rings. The number of thioether (sulfide) groups is 1. The van der Waals surface area contributed by atoms with E-state index in [-0.39, 0.29) is 11.5 Å². The van der Waals surface area contributed by atoms with Crippen LogP contribution in [0.15, 0.2) is 53.6 Å². The highest BCUT2D eigenvalue weighted by molar-refractivity contribution is 8.00. The number of pyridine rings is 1. The molecule has 4 nitrogen and oxygen atoms in total. The number of aryl methyl sites for hydroxylation is 1. The second kappa shape index (κ2) is 9.23. The summed E-state index contributed by atoms with van der Waals surface area (Å²) in [6.07, 6.45) is 0.800. The molecule has 0 spiro atoms. The number of carbonyl (C=O) groups excluding carboxylic acids is 1. The molecule has 1 aliphatic heterocycles. The number of ketones is 1. The minimum absolute atomic E-state index is 0.0208. The fourth-order valence-corrected chi connectivity index (χ4v) is 4.93. The van der Waals surface area contributed by atoms with Crippen LogP contribution >= 0.6 is 23.4 Å². The monoisotopic (exact) mass is 447 g/mol. The largest absolute Gasteiger partial charge is 0.302 e. The molecule has 156 valence electrons. The van der Waals surface area contributed by atoms with Crippen LogP contribution in [0.4, 0.5) is 0 Å². The molecule has 1 aromatic heterocycles. The lowest BCUT2D eigenvalue weighted by molar-refractivity contribution is 0.102. The minimum Gasteiger partial charge on any atom is -0.302 e. The molecule has 3 aromatic rings. The minimum atomic E-state index is 0.0208. The highest BCUT2D eigenvalue weighted by Gasteiger charge is 2.26. The van der Waals surface area contributed by atoms with Gasteiger partial charge in [-0.15, -0.1) is 0 Å². The Kier molecular flexibility index (Phi) is 6.43. The van der Waals surface area contributed by atoms with Gasteiger partial charge in [0, 0.05) is 46.9 Å². The fraction of sp³-hybridized carbons (Fsp3) is 0.240. The highest BCUT2D eigenvalue weighted by Crippen LogP contribution is 2.39. The standard InChI is InChI=1S/C25H22ClN3OS/c1-16-7-9-17(10-8-16)23(30)15-31-25-19(13-27)24(18-5-3-4-6-21(18)26)20-14-29(2)12-11-22(20)28-25/h3-10H,11-12,14-15H2,1-2H3. The number of hydrogen-bond acceptors (Lipinski definition) is 5. The maximum Gasteiger partial charge on any atom is 0.173 e. The maximum absolute atomic E-state index is 12.7. The van der Waals surface area contributed by atoms with Gasteiger partial charge < -0.3 is 4.90 Å². The Morgan fingerprint density at radius 2 is 1.97 bits per heavy atom. The first-order chi connectivity index (χ1) is 15.0. The topological polar surface area (TPSA) is 57.0 Å². The van der Waals surface area contributed by atoms with Crippen LogP contribution in [0.3, 0.4) is 0 Å². The normalized spacial score (nSPS) is 13.5. The third-order valence-corrected chi connectivity index (χ3v) is 6.78. The van der Waals surface area contributed by atoms with Crippen molar-refractivity contribution >= 4 is 29.1 Å². The molecule has 0 saturated heterocycles. The van der Waals surface area contributed by atoms with Crippen LogP contribution in [-0.4, -0.2) is 35.0 Å². The number of carbonyl (C=O) groups is 1. The summed E-state index contributed by atoms with van der Waals surface area (Å²) < 4.78 is 0. The van der Waals surface area contributed by atoms with E-state index >= 15 is 0 Å². The molecule has 31 heavy (non-hydrogen) atoms. The summed E-state index contributed by atoms with van der Waals surface area (Å²) in [5, 5.41) is 11.3. The highest BCUT2D eigenvalue weighted by atomic mass is 35.5. The fourth-order valence-electron chi connectivity index (χ4n) is 3.80. The maximum atomic E-state index is 12.7. The number of benzene rings is 2. The SMILES string of the molecule is Cc1ccc(C(=O)CSc2nc3c(c(-c4ccccc4Cl)c2C#N)CN(C)CC3)cc1. The first-order valence-corrected chi connectivity index (χ1v) is 11.5. The molecular weight excluding hydrogens is 426 g/mol. The average Bonchev–Trinajstić information content (AvgIpc) is 2.77. The number of likely N-dealkylation sites (N-methyl/N-ethyl adjacent to an activating group) is 1. The van der Waals surface area contributed by atoms with E-state index in [1.165, 1.54) is 11.8 Å². The molecule has 0 atom stereocenters. The van der Waals surface area contributed by atoms with Crippen molar-refractivity contribution < 1.29 is 4.79 Å². The lowest BCUT2D eigenvalue weighted by Gasteiger charge is -2.28. The average molecular weight is 448 g/mol. The predicted molar refractivity (Wildman–Crippen MR) is 126 cm³/mol. The van der Waals surface area contributed by atoms with E-state index in [0.717, 1.165) is 40.9 Å². The molecule has 0 fully saturated rings. The summed E-state index contributed by atoms with van der Waals surface area (Å²) in [7, 11) is 2.06. The van der Waals surface area contributed by atoms with Crippen LogP contribution in [0.1, 0.15) is 32.7 Å². The number of hydrogen-bond donors (Lipinski definition) is 0. The molecule has 0 unspecified atom stereocenters. The van der Waals surface area contributed by atoms with Crippen molar-refractivity contribution in [1.82, 2.24) is 9.88 Å². The summed E-state index contributed by atoms with van der Waals surface area (Å²) in [4.78, 5) is 19.8. The lowest BCUT2D eigenvalue weighted by Crippen LogP contribution is -2.28. The van der Waals surface area contributed by atoms with Gasteiger partial charge in [0.1, 0.15) is 11.1 Å². The number of fused-ring (bicyclic) bond motifs is 1. The Morgan fingerprint density at radius 3 is 2.68 bits per heavy atom. The second-order valence-electron chi connectivity index (χ2n) is 7.75. The van der Waals surface area contributed by atoms with Gasteiger partial charge in [0.15, 0.2) is 5.78 Å². The molecule has 2 aromatic carbocycles. The van der Waals surface area contributed by atoms with Crippen LogP contribution in [0.5, 0.6) is 0 Å². The number of rotatable bonds is 5. The molecule has 4 rings (SSSR count). The zero-order valence-corrected chi connectivity index (χ0v) is 19.1. The zero-order chi connectivity index (χ0) is 22.0. The van der Waals surface area contributed by atoms with Gasteiger partial charge in [0.25, 0.3) is 0 Å². The Morgan fingerprint density at radius 1 is 1.23 bits per heavy atom. The molecule has 0 aliphatic carbocycles. The summed E-state index contributed by atoms with van der Waals surface area (Å²) in [6, 6.07) is 17.5. The quantitative estimate of drug-likeness (QED) is 0.379. The summed E-state index contributed by atoms with van der Waals surface area (Å²) in [5.41, 5.74) is 5.98. The molecule has 0 bridgehead atoms. The van der Waals surface area contributed by atoms with E-state index in [9.17, 15) is 10.1 Å². The van der Waals surface area contributed by atoms with Crippen LogP contribution in [-0.2, 0) is 13.0 Å².